The molecule has 0 radical (unpaired) electrons. The molecule has 2 N–H and O–H groups in total. The van der Waals surface area contributed by atoms with Crippen LogP contribution in [0.15, 0.2) is 0 Å². The van der Waals surface area contributed by atoms with Crippen LogP contribution in [-0.4, -0.2) is 25.0 Å². The second-order valence-electron chi connectivity index (χ2n) is 4.52. The highest BCUT2D eigenvalue weighted by atomic mass is 16.2. The van der Waals surface area contributed by atoms with Crippen molar-refractivity contribution in [2.24, 2.45) is 11.8 Å². The molecule has 1 aliphatic carbocycles. The molecule has 4 unspecified atom stereocenters. The van der Waals surface area contributed by atoms with Crippen molar-refractivity contribution in [1.29, 1.82) is 0 Å². The molecular formula is C11H22N2O. The summed E-state index contributed by atoms with van der Waals surface area (Å²) < 4.78 is 0. The summed E-state index contributed by atoms with van der Waals surface area (Å²) in [6.45, 7) is 6.48. The minimum atomic E-state index is -0.0715. The quantitative estimate of drug-likeness (QED) is 0.714. The molecular weight excluding hydrogens is 176 g/mol. The zero-order valence-electron chi connectivity index (χ0n) is 9.63. The lowest BCUT2D eigenvalue weighted by Gasteiger charge is -2.23. The predicted octanol–water partition coefficient (Wildman–Crippen LogP) is 1.15. The van der Waals surface area contributed by atoms with Gasteiger partial charge in [0.2, 0.25) is 5.91 Å². The van der Waals surface area contributed by atoms with Crippen molar-refractivity contribution in [3.63, 3.8) is 0 Å². The molecule has 0 aliphatic heterocycles. The van der Waals surface area contributed by atoms with Crippen LogP contribution in [0.4, 0.5) is 0 Å². The second kappa shape index (κ2) is 4.78. The van der Waals surface area contributed by atoms with E-state index < -0.39 is 0 Å². The summed E-state index contributed by atoms with van der Waals surface area (Å²) in [5, 5.41) is 6.06. The minimum absolute atomic E-state index is 0.0715. The van der Waals surface area contributed by atoms with Crippen LogP contribution in [0.3, 0.4) is 0 Å². The van der Waals surface area contributed by atoms with E-state index in [-0.39, 0.29) is 11.9 Å². The topological polar surface area (TPSA) is 41.1 Å². The van der Waals surface area contributed by atoms with Gasteiger partial charge >= 0.3 is 0 Å². The lowest BCUT2D eigenvalue weighted by atomic mass is 9.97. The van der Waals surface area contributed by atoms with Gasteiger partial charge in [-0.2, -0.15) is 0 Å². The van der Waals surface area contributed by atoms with E-state index in [4.69, 9.17) is 0 Å². The largest absolute Gasteiger partial charge is 0.358 e. The van der Waals surface area contributed by atoms with E-state index in [1.807, 2.05) is 6.92 Å². The first-order valence-electron chi connectivity index (χ1n) is 5.54. The van der Waals surface area contributed by atoms with E-state index >= 15 is 0 Å². The highest BCUT2D eigenvalue weighted by molar-refractivity contribution is 5.80. The van der Waals surface area contributed by atoms with Gasteiger partial charge in [-0.05, 0) is 31.6 Å². The number of carbonyl (C=O) groups is 1. The summed E-state index contributed by atoms with van der Waals surface area (Å²) in [6.07, 6.45) is 2.48. The van der Waals surface area contributed by atoms with Crippen LogP contribution in [0.25, 0.3) is 0 Å². The van der Waals surface area contributed by atoms with Gasteiger partial charge < -0.3 is 10.6 Å². The van der Waals surface area contributed by atoms with Gasteiger partial charge in [-0.15, -0.1) is 0 Å². The summed E-state index contributed by atoms with van der Waals surface area (Å²) in [5.74, 6) is 1.54. The average Bonchev–Trinajstić information content (AvgIpc) is 2.48. The van der Waals surface area contributed by atoms with Gasteiger partial charge in [0.1, 0.15) is 0 Å². The van der Waals surface area contributed by atoms with Gasteiger partial charge in [0.25, 0.3) is 0 Å². The Morgan fingerprint density at radius 3 is 2.43 bits per heavy atom. The summed E-state index contributed by atoms with van der Waals surface area (Å²) in [6, 6.07) is 0.440. The second-order valence-corrected chi connectivity index (χ2v) is 4.52. The third-order valence-corrected chi connectivity index (χ3v) is 3.57. The van der Waals surface area contributed by atoms with Crippen LogP contribution in [0.2, 0.25) is 0 Å². The van der Waals surface area contributed by atoms with E-state index in [9.17, 15) is 4.79 Å². The molecule has 0 bridgehead atoms. The van der Waals surface area contributed by atoms with E-state index in [1.54, 1.807) is 7.05 Å². The first kappa shape index (κ1) is 11.5. The lowest BCUT2D eigenvalue weighted by Crippen LogP contribution is -2.46. The lowest BCUT2D eigenvalue weighted by molar-refractivity contribution is -0.122. The first-order chi connectivity index (χ1) is 6.56. The molecule has 82 valence electrons. The number of hydrogen-bond acceptors (Lipinski definition) is 2. The Balaban J connectivity index is 2.41. The maximum Gasteiger partial charge on any atom is 0.236 e. The third kappa shape index (κ3) is 2.47. The van der Waals surface area contributed by atoms with Crippen LogP contribution in [0, 0.1) is 11.8 Å². The Labute approximate surface area is 86.6 Å². The van der Waals surface area contributed by atoms with Gasteiger partial charge in [-0.1, -0.05) is 13.8 Å². The summed E-state index contributed by atoms with van der Waals surface area (Å²) in [4.78, 5) is 11.3. The Morgan fingerprint density at radius 2 is 2.00 bits per heavy atom. The normalized spacial score (nSPS) is 34.1. The van der Waals surface area contributed by atoms with Crippen molar-refractivity contribution in [2.45, 2.75) is 45.7 Å². The Hall–Kier alpha value is -0.570. The predicted molar refractivity (Wildman–Crippen MR) is 58.0 cm³/mol. The van der Waals surface area contributed by atoms with Crippen LogP contribution >= 0.6 is 0 Å². The van der Waals surface area contributed by atoms with Gasteiger partial charge in [-0.3, -0.25) is 4.79 Å². The molecule has 4 atom stereocenters. The molecule has 0 aromatic heterocycles. The average molecular weight is 198 g/mol. The fourth-order valence-electron chi connectivity index (χ4n) is 2.21. The maximum atomic E-state index is 11.3. The summed E-state index contributed by atoms with van der Waals surface area (Å²) in [5.41, 5.74) is 0. The Bertz CT molecular complexity index is 205. The summed E-state index contributed by atoms with van der Waals surface area (Å²) >= 11 is 0. The highest BCUT2D eigenvalue weighted by Crippen LogP contribution is 2.31. The molecule has 1 aliphatic rings. The van der Waals surface area contributed by atoms with Gasteiger partial charge in [0.15, 0.2) is 0 Å². The molecule has 0 saturated heterocycles. The smallest absolute Gasteiger partial charge is 0.236 e. The van der Waals surface area contributed by atoms with E-state index in [0.717, 1.165) is 5.92 Å². The number of carbonyl (C=O) groups excluding carboxylic acids is 1. The van der Waals surface area contributed by atoms with Crippen molar-refractivity contribution in [3.8, 4) is 0 Å². The maximum absolute atomic E-state index is 11.3. The Morgan fingerprint density at radius 1 is 1.36 bits per heavy atom. The number of likely N-dealkylation sites (N-methyl/N-ethyl adjacent to an activating group) is 1. The van der Waals surface area contributed by atoms with Crippen molar-refractivity contribution in [3.05, 3.63) is 0 Å². The molecule has 0 aromatic carbocycles. The molecule has 3 nitrogen and oxygen atoms in total. The number of rotatable bonds is 3. The standard InChI is InChI=1S/C11H22N2O/c1-7-5-6-10(8(7)2)13-9(3)11(14)12-4/h7-10,13H,5-6H2,1-4H3,(H,12,14). The van der Waals surface area contributed by atoms with Crippen molar-refractivity contribution in [1.82, 2.24) is 10.6 Å². The van der Waals surface area contributed by atoms with Gasteiger partial charge in [0, 0.05) is 13.1 Å². The van der Waals surface area contributed by atoms with Crippen molar-refractivity contribution < 1.29 is 4.79 Å². The number of amides is 1. The van der Waals surface area contributed by atoms with Crippen LogP contribution in [-0.2, 0) is 4.79 Å². The number of nitrogens with one attached hydrogen (secondary N) is 2. The molecule has 0 spiro atoms. The molecule has 3 heteroatoms. The monoisotopic (exact) mass is 198 g/mol. The van der Waals surface area contributed by atoms with Crippen LogP contribution in [0.5, 0.6) is 0 Å². The molecule has 1 fully saturated rings. The zero-order valence-corrected chi connectivity index (χ0v) is 9.63. The van der Waals surface area contributed by atoms with Gasteiger partial charge in [-0.25, -0.2) is 0 Å². The van der Waals surface area contributed by atoms with Crippen molar-refractivity contribution >= 4 is 5.91 Å². The molecule has 1 amide bonds. The SMILES string of the molecule is CNC(=O)C(C)NC1CCC(C)C1C. The summed E-state index contributed by atoms with van der Waals surface area (Å²) in [7, 11) is 1.68. The van der Waals surface area contributed by atoms with E-state index in [2.05, 4.69) is 24.5 Å². The van der Waals surface area contributed by atoms with E-state index in [1.165, 1.54) is 12.8 Å². The first-order valence-corrected chi connectivity index (χ1v) is 5.54. The molecule has 14 heavy (non-hydrogen) atoms. The van der Waals surface area contributed by atoms with Crippen LogP contribution < -0.4 is 10.6 Å². The zero-order chi connectivity index (χ0) is 10.7. The molecule has 0 heterocycles. The number of hydrogen-bond donors (Lipinski definition) is 2. The van der Waals surface area contributed by atoms with E-state index in [0.29, 0.717) is 12.0 Å². The fraction of sp³-hybridized carbons (Fsp3) is 0.909. The van der Waals surface area contributed by atoms with Crippen LogP contribution in [0.1, 0.15) is 33.6 Å². The minimum Gasteiger partial charge on any atom is -0.358 e. The van der Waals surface area contributed by atoms with Crippen molar-refractivity contribution in [2.75, 3.05) is 7.05 Å². The molecule has 1 saturated carbocycles. The highest BCUT2D eigenvalue weighted by Gasteiger charge is 2.31. The fourth-order valence-corrected chi connectivity index (χ4v) is 2.21. The van der Waals surface area contributed by atoms with Gasteiger partial charge in [0.05, 0.1) is 6.04 Å². The molecule has 0 aromatic rings. The molecule has 1 rings (SSSR count). The Kier molecular flexibility index (Phi) is 3.93. The third-order valence-electron chi connectivity index (χ3n) is 3.57.